The minimum atomic E-state index is -0.332. The molecule has 0 aliphatic carbocycles. The largest absolute Gasteiger partial charge is 0.388 e. The van der Waals surface area contributed by atoms with Crippen molar-refractivity contribution in [3.63, 3.8) is 0 Å². The Balaban J connectivity index is 2.85. The normalized spacial score (nSPS) is 13.7. The van der Waals surface area contributed by atoms with Crippen molar-refractivity contribution in [2.24, 2.45) is 0 Å². The van der Waals surface area contributed by atoms with Crippen molar-refractivity contribution >= 4 is 27.3 Å². The molecule has 0 fully saturated rings. The standard InChI is InChI=1S/C6H7BrOS/c1-4(8)6-2-5(7)3-9-6/h2-4,8H,1H3/t4-/m0/s1. The summed E-state index contributed by atoms with van der Waals surface area (Å²) >= 11 is 4.86. The monoisotopic (exact) mass is 206 g/mol. The van der Waals surface area contributed by atoms with Gasteiger partial charge < -0.3 is 5.11 Å². The fraction of sp³-hybridized carbons (Fsp3) is 0.333. The molecular weight excluding hydrogens is 200 g/mol. The SMILES string of the molecule is C[C@H](O)c1cc(Br)cs1. The molecule has 0 aliphatic rings. The lowest BCUT2D eigenvalue weighted by atomic mass is 10.3. The highest BCUT2D eigenvalue weighted by molar-refractivity contribution is 9.10. The van der Waals surface area contributed by atoms with E-state index >= 15 is 0 Å². The highest BCUT2D eigenvalue weighted by Gasteiger charge is 2.01. The number of thiophene rings is 1. The summed E-state index contributed by atoms with van der Waals surface area (Å²) in [6.45, 7) is 1.76. The van der Waals surface area contributed by atoms with Gasteiger partial charge in [0.25, 0.3) is 0 Å². The molecule has 1 heterocycles. The lowest BCUT2D eigenvalue weighted by Crippen LogP contribution is -1.83. The molecule has 0 aliphatic heterocycles. The maximum atomic E-state index is 9.03. The first-order valence-corrected chi connectivity index (χ1v) is 4.29. The van der Waals surface area contributed by atoms with Crippen LogP contribution in [0.15, 0.2) is 15.9 Å². The first-order valence-electron chi connectivity index (χ1n) is 2.62. The topological polar surface area (TPSA) is 20.2 Å². The van der Waals surface area contributed by atoms with Crippen molar-refractivity contribution in [2.75, 3.05) is 0 Å². The predicted octanol–water partition coefficient (Wildman–Crippen LogP) is 2.56. The maximum Gasteiger partial charge on any atom is 0.0854 e. The van der Waals surface area contributed by atoms with E-state index in [0.29, 0.717) is 0 Å². The number of halogens is 1. The summed E-state index contributed by atoms with van der Waals surface area (Å²) in [4.78, 5) is 1.00. The second kappa shape index (κ2) is 2.82. The van der Waals surface area contributed by atoms with Gasteiger partial charge >= 0.3 is 0 Å². The molecule has 0 bridgehead atoms. The van der Waals surface area contributed by atoms with Crippen LogP contribution in [0.3, 0.4) is 0 Å². The van der Waals surface area contributed by atoms with Crippen molar-refractivity contribution in [1.29, 1.82) is 0 Å². The van der Waals surface area contributed by atoms with Crippen LogP contribution in [0, 0.1) is 0 Å². The lowest BCUT2D eigenvalue weighted by Gasteiger charge is -1.95. The molecule has 3 heteroatoms. The molecule has 0 saturated carbocycles. The van der Waals surface area contributed by atoms with E-state index in [1.54, 1.807) is 18.3 Å². The van der Waals surface area contributed by atoms with Crippen molar-refractivity contribution in [1.82, 2.24) is 0 Å². The molecule has 0 aromatic carbocycles. The molecule has 0 radical (unpaired) electrons. The molecule has 1 nitrogen and oxygen atoms in total. The summed E-state index contributed by atoms with van der Waals surface area (Å²) in [7, 11) is 0. The van der Waals surface area contributed by atoms with Gasteiger partial charge in [-0.1, -0.05) is 0 Å². The van der Waals surface area contributed by atoms with E-state index in [4.69, 9.17) is 5.11 Å². The molecule has 0 saturated heterocycles. The quantitative estimate of drug-likeness (QED) is 0.750. The maximum absolute atomic E-state index is 9.03. The Labute approximate surface area is 66.5 Å². The number of rotatable bonds is 1. The summed E-state index contributed by atoms with van der Waals surface area (Å²) < 4.78 is 1.04. The number of hydrogen-bond acceptors (Lipinski definition) is 2. The Morgan fingerprint density at radius 2 is 2.44 bits per heavy atom. The van der Waals surface area contributed by atoms with Gasteiger partial charge in [0.1, 0.15) is 0 Å². The molecule has 0 spiro atoms. The molecule has 1 aromatic heterocycles. The van der Waals surface area contributed by atoms with Gasteiger partial charge in [-0.25, -0.2) is 0 Å². The van der Waals surface area contributed by atoms with E-state index < -0.39 is 0 Å². The van der Waals surface area contributed by atoms with E-state index in [0.717, 1.165) is 9.35 Å². The van der Waals surface area contributed by atoms with E-state index in [1.807, 2.05) is 11.4 Å². The summed E-state index contributed by atoms with van der Waals surface area (Å²) in [5.74, 6) is 0. The second-order valence-corrected chi connectivity index (χ2v) is 3.70. The fourth-order valence-electron chi connectivity index (χ4n) is 0.547. The number of aliphatic hydroxyl groups excluding tert-OH is 1. The first kappa shape index (κ1) is 7.25. The fourth-order valence-corrected chi connectivity index (χ4v) is 1.93. The van der Waals surface area contributed by atoms with Crippen LogP contribution >= 0.6 is 27.3 Å². The molecule has 50 valence electrons. The Morgan fingerprint density at radius 3 is 2.67 bits per heavy atom. The van der Waals surface area contributed by atoms with Gasteiger partial charge in [0.2, 0.25) is 0 Å². The van der Waals surface area contributed by atoms with Gasteiger partial charge in [-0.05, 0) is 28.9 Å². The third kappa shape index (κ3) is 1.78. The highest BCUT2D eigenvalue weighted by Crippen LogP contribution is 2.24. The highest BCUT2D eigenvalue weighted by atomic mass is 79.9. The van der Waals surface area contributed by atoms with Crippen LogP contribution in [-0.4, -0.2) is 5.11 Å². The van der Waals surface area contributed by atoms with Crippen LogP contribution in [0.25, 0.3) is 0 Å². The minimum absolute atomic E-state index is 0.332. The van der Waals surface area contributed by atoms with Gasteiger partial charge in [0.15, 0.2) is 0 Å². The summed E-state index contributed by atoms with van der Waals surface area (Å²) in [6, 6.07) is 1.93. The van der Waals surface area contributed by atoms with Crippen LogP contribution in [0.4, 0.5) is 0 Å². The third-order valence-corrected chi connectivity index (χ3v) is 2.86. The molecule has 9 heavy (non-hydrogen) atoms. The van der Waals surface area contributed by atoms with E-state index in [2.05, 4.69) is 15.9 Å². The van der Waals surface area contributed by atoms with E-state index in [1.165, 1.54) is 0 Å². The van der Waals surface area contributed by atoms with Crippen molar-refractivity contribution in [2.45, 2.75) is 13.0 Å². The minimum Gasteiger partial charge on any atom is -0.388 e. The van der Waals surface area contributed by atoms with Gasteiger partial charge in [0, 0.05) is 14.7 Å². The van der Waals surface area contributed by atoms with Gasteiger partial charge in [-0.2, -0.15) is 0 Å². The Kier molecular flexibility index (Phi) is 2.27. The summed E-state index contributed by atoms with van der Waals surface area (Å²) in [5.41, 5.74) is 0. The molecule has 0 unspecified atom stereocenters. The Bertz CT molecular complexity index is 195. The van der Waals surface area contributed by atoms with Crippen molar-refractivity contribution < 1.29 is 5.11 Å². The predicted molar refractivity (Wildman–Crippen MR) is 42.7 cm³/mol. The molecule has 1 aromatic rings. The molecule has 1 atom stereocenters. The van der Waals surface area contributed by atoms with Crippen molar-refractivity contribution in [3.05, 3.63) is 20.8 Å². The van der Waals surface area contributed by atoms with E-state index in [-0.39, 0.29) is 6.10 Å². The first-order chi connectivity index (χ1) is 4.20. The number of hydrogen-bond donors (Lipinski definition) is 1. The van der Waals surface area contributed by atoms with Crippen LogP contribution in [0.2, 0.25) is 0 Å². The van der Waals surface area contributed by atoms with E-state index in [9.17, 15) is 0 Å². The van der Waals surface area contributed by atoms with Crippen LogP contribution in [0.5, 0.6) is 0 Å². The zero-order valence-corrected chi connectivity index (χ0v) is 7.37. The smallest absolute Gasteiger partial charge is 0.0854 e. The third-order valence-electron chi connectivity index (χ3n) is 0.999. The molecule has 1 N–H and O–H groups in total. The Morgan fingerprint density at radius 1 is 1.78 bits per heavy atom. The average molecular weight is 207 g/mol. The molecule has 1 rings (SSSR count). The van der Waals surface area contributed by atoms with Crippen LogP contribution in [0.1, 0.15) is 17.9 Å². The summed E-state index contributed by atoms with van der Waals surface area (Å²) in [6.07, 6.45) is -0.332. The lowest BCUT2D eigenvalue weighted by molar-refractivity contribution is 0.203. The van der Waals surface area contributed by atoms with Crippen molar-refractivity contribution in [3.8, 4) is 0 Å². The second-order valence-electron chi connectivity index (χ2n) is 1.84. The van der Waals surface area contributed by atoms with Crippen LogP contribution in [-0.2, 0) is 0 Å². The van der Waals surface area contributed by atoms with Gasteiger partial charge in [-0.15, -0.1) is 11.3 Å². The average Bonchev–Trinajstić information content (AvgIpc) is 2.14. The van der Waals surface area contributed by atoms with Gasteiger partial charge in [-0.3, -0.25) is 0 Å². The number of aliphatic hydroxyl groups is 1. The molecular formula is C6H7BrOS. The van der Waals surface area contributed by atoms with Crippen LogP contribution < -0.4 is 0 Å². The molecule has 0 amide bonds. The Hall–Kier alpha value is 0.140. The summed E-state index contributed by atoms with van der Waals surface area (Å²) in [5, 5.41) is 11.0. The zero-order chi connectivity index (χ0) is 6.85. The van der Waals surface area contributed by atoms with Gasteiger partial charge in [0.05, 0.1) is 6.10 Å². The zero-order valence-electron chi connectivity index (χ0n) is 4.97.